The fourth-order valence-electron chi connectivity index (χ4n) is 2.09. The van der Waals surface area contributed by atoms with Gasteiger partial charge in [-0.1, -0.05) is 18.2 Å². The molecular weight excluding hydrogens is 230 g/mol. The first-order valence-electron chi connectivity index (χ1n) is 5.60. The van der Waals surface area contributed by atoms with Crippen molar-refractivity contribution < 1.29 is 9.59 Å². The van der Waals surface area contributed by atoms with Crippen LogP contribution in [0, 0.1) is 0 Å². The van der Waals surface area contributed by atoms with Crippen LogP contribution in [-0.2, 0) is 13.6 Å². The van der Waals surface area contributed by atoms with Gasteiger partial charge in [-0.15, -0.1) is 0 Å². The Balaban J connectivity index is 1.93. The zero-order valence-electron chi connectivity index (χ0n) is 9.83. The molecule has 5 heteroatoms. The van der Waals surface area contributed by atoms with E-state index in [1.807, 2.05) is 12.1 Å². The van der Waals surface area contributed by atoms with E-state index in [1.165, 1.54) is 4.90 Å². The number of hydrogen-bond acceptors (Lipinski definition) is 3. The third-order valence-electron chi connectivity index (χ3n) is 3.00. The molecule has 5 nitrogen and oxygen atoms in total. The van der Waals surface area contributed by atoms with Gasteiger partial charge in [-0.2, -0.15) is 5.10 Å². The molecule has 1 aromatic carbocycles. The Labute approximate surface area is 104 Å². The average Bonchev–Trinajstić information content (AvgIpc) is 2.94. The summed E-state index contributed by atoms with van der Waals surface area (Å²) in [4.78, 5) is 25.5. The van der Waals surface area contributed by atoms with Gasteiger partial charge in [0.25, 0.3) is 11.8 Å². The molecule has 0 saturated carbocycles. The van der Waals surface area contributed by atoms with Crippen molar-refractivity contribution in [2.75, 3.05) is 0 Å². The molecule has 1 aliphatic rings. The smallest absolute Gasteiger partial charge is 0.275 e. The predicted octanol–water partition coefficient (Wildman–Crippen LogP) is 1.22. The number of aryl methyl sites for hydroxylation is 1. The van der Waals surface area contributed by atoms with E-state index in [0.29, 0.717) is 17.8 Å². The number of aromatic nitrogens is 2. The van der Waals surface area contributed by atoms with Crippen LogP contribution in [0.4, 0.5) is 0 Å². The van der Waals surface area contributed by atoms with Crippen molar-refractivity contribution in [1.82, 2.24) is 14.7 Å². The summed E-state index contributed by atoms with van der Waals surface area (Å²) in [6.07, 6.45) is 1.68. The van der Waals surface area contributed by atoms with Gasteiger partial charge in [-0.05, 0) is 17.7 Å². The van der Waals surface area contributed by atoms with Crippen LogP contribution in [0.25, 0.3) is 0 Å². The van der Waals surface area contributed by atoms with Crippen LogP contribution in [-0.4, -0.2) is 26.5 Å². The van der Waals surface area contributed by atoms with Crippen LogP contribution in [0.15, 0.2) is 36.5 Å². The van der Waals surface area contributed by atoms with E-state index in [4.69, 9.17) is 0 Å². The number of amides is 2. The molecule has 1 aliphatic heterocycles. The van der Waals surface area contributed by atoms with Crippen LogP contribution in [0.5, 0.6) is 0 Å². The van der Waals surface area contributed by atoms with Gasteiger partial charge in [-0.25, -0.2) is 0 Å². The van der Waals surface area contributed by atoms with E-state index < -0.39 is 0 Å². The van der Waals surface area contributed by atoms with Crippen LogP contribution >= 0.6 is 0 Å². The van der Waals surface area contributed by atoms with Crippen molar-refractivity contribution in [2.45, 2.75) is 6.54 Å². The van der Waals surface area contributed by atoms with Crippen molar-refractivity contribution in [1.29, 1.82) is 0 Å². The maximum atomic E-state index is 12.2. The van der Waals surface area contributed by atoms with Crippen molar-refractivity contribution in [3.8, 4) is 0 Å². The second-order valence-electron chi connectivity index (χ2n) is 4.23. The first-order valence-corrected chi connectivity index (χ1v) is 5.60. The average molecular weight is 241 g/mol. The van der Waals surface area contributed by atoms with Gasteiger partial charge < -0.3 is 0 Å². The Morgan fingerprint density at radius 2 is 2.06 bits per heavy atom. The Hall–Kier alpha value is -2.43. The van der Waals surface area contributed by atoms with E-state index in [2.05, 4.69) is 5.10 Å². The summed E-state index contributed by atoms with van der Waals surface area (Å²) >= 11 is 0. The van der Waals surface area contributed by atoms with Crippen LogP contribution in [0.2, 0.25) is 0 Å². The normalized spacial score (nSPS) is 13.8. The third kappa shape index (κ3) is 1.52. The molecule has 3 rings (SSSR count). The van der Waals surface area contributed by atoms with Gasteiger partial charge in [0.1, 0.15) is 0 Å². The molecule has 0 bridgehead atoms. The van der Waals surface area contributed by atoms with Gasteiger partial charge in [0.2, 0.25) is 0 Å². The minimum absolute atomic E-state index is 0.249. The summed E-state index contributed by atoms with van der Waals surface area (Å²) in [5, 5.41) is 4.03. The zero-order chi connectivity index (χ0) is 12.7. The molecule has 2 heterocycles. The largest absolute Gasteiger partial charge is 0.281 e. The van der Waals surface area contributed by atoms with Crippen molar-refractivity contribution in [3.05, 3.63) is 53.3 Å². The minimum Gasteiger partial charge on any atom is -0.275 e. The van der Waals surface area contributed by atoms with E-state index in [1.54, 1.807) is 36.1 Å². The zero-order valence-corrected chi connectivity index (χ0v) is 9.83. The summed E-state index contributed by atoms with van der Waals surface area (Å²) in [6.45, 7) is 0.324. The molecule has 0 atom stereocenters. The summed E-state index contributed by atoms with van der Waals surface area (Å²) in [5.74, 6) is -0.599. The number of carbonyl (C=O) groups excluding carboxylic acids is 2. The maximum absolute atomic E-state index is 12.2. The van der Waals surface area contributed by atoms with Gasteiger partial charge in [0.05, 0.1) is 6.54 Å². The highest BCUT2D eigenvalue weighted by molar-refractivity contribution is 6.12. The van der Waals surface area contributed by atoms with Crippen LogP contribution in [0.3, 0.4) is 0 Å². The second-order valence-corrected chi connectivity index (χ2v) is 4.23. The van der Waals surface area contributed by atoms with Crippen molar-refractivity contribution >= 4 is 11.8 Å². The number of fused-ring (bicyclic) bond motifs is 1. The number of carbonyl (C=O) groups is 2. The quantitative estimate of drug-likeness (QED) is 0.705. The summed E-state index contributed by atoms with van der Waals surface area (Å²) < 4.78 is 1.54. The Bertz CT molecular complexity index is 645. The molecule has 2 amide bonds. The molecule has 0 aliphatic carbocycles. The number of nitrogens with zero attached hydrogens (tertiary/aromatic N) is 3. The van der Waals surface area contributed by atoms with E-state index in [9.17, 15) is 9.59 Å². The molecule has 0 unspecified atom stereocenters. The first-order chi connectivity index (χ1) is 8.66. The topological polar surface area (TPSA) is 55.2 Å². The highest BCUT2D eigenvalue weighted by atomic mass is 16.2. The molecule has 0 N–H and O–H groups in total. The van der Waals surface area contributed by atoms with Gasteiger partial charge in [0, 0.05) is 18.8 Å². The van der Waals surface area contributed by atoms with Gasteiger partial charge in [0.15, 0.2) is 5.69 Å². The standard InChI is InChI=1S/C13H11N3O2/c1-15-7-6-11(14-15)13(18)16-8-9-4-2-3-5-10(9)12(16)17/h2-7H,8H2,1H3. The predicted molar refractivity (Wildman–Crippen MR) is 63.9 cm³/mol. The lowest BCUT2D eigenvalue weighted by Crippen LogP contribution is -2.31. The number of benzene rings is 1. The summed E-state index contributed by atoms with van der Waals surface area (Å²) in [5.41, 5.74) is 1.77. The molecule has 0 radical (unpaired) electrons. The highest BCUT2D eigenvalue weighted by Gasteiger charge is 2.32. The summed E-state index contributed by atoms with van der Waals surface area (Å²) in [6, 6.07) is 8.87. The molecular formula is C13H11N3O2. The highest BCUT2D eigenvalue weighted by Crippen LogP contribution is 2.23. The fourth-order valence-corrected chi connectivity index (χ4v) is 2.09. The third-order valence-corrected chi connectivity index (χ3v) is 3.00. The lowest BCUT2D eigenvalue weighted by atomic mass is 10.1. The molecule has 0 saturated heterocycles. The fraction of sp³-hybridized carbons (Fsp3) is 0.154. The number of hydrogen-bond donors (Lipinski definition) is 0. The monoisotopic (exact) mass is 241 g/mol. The SMILES string of the molecule is Cn1ccc(C(=O)N2Cc3ccccc3C2=O)n1. The number of rotatable bonds is 1. The molecule has 0 spiro atoms. The first kappa shape index (κ1) is 10.7. The van der Waals surface area contributed by atoms with Gasteiger partial charge >= 0.3 is 0 Å². The van der Waals surface area contributed by atoms with E-state index in [0.717, 1.165) is 5.56 Å². The number of imide groups is 1. The maximum Gasteiger partial charge on any atom is 0.281 e. The Morgan fingerprint density at radius 1 is 1.28 bits per heavy atom. The Kier molecular flexibility index (Phi) is 2.26. The molecule has 18 heavy (non-hydrogen) atoms. The second kappa shape index (κ2) is 3.80. The molecule has 1 aromatic heterocycles. The van der Waals surface area contributed by atoms with Crippen LogP contribution < -0.4 is 0 Å². The lowest BCUT2D eigenvalue weighted by molar-refractivity contribution is 0.0627. The molecule has 90 valence electrons. The van der Waals surface area contributed by atoms with Crippen molar-refractivity contribution in [2.24, 2.45) is 7.05 Å². The molecule has 0 fully saturated rings. The molecule has 2 aromatic rings. The summed E-state index contributed by atoms with van der Waals surface area (Å²) in [7, 11) is 1.73. The minimum atomic E-state index is -0.350. The van der Waals surface area contributed by atoms with Crippen molar-refractivity contribution in [3.63, 3.8) is 0 Å². The van der Waals surface area contributed by atoms with Crippen LogP contribution in [0.1, 0.15) is 26.4 Å². The van der Waals surface area contributed by atoms with Gasteiger partial charge in [-0.3, -0.25) is 19.2 Å². The van der Waals surface area contributed by atoms with E-state index >= 15 is 0 Å². The lowest BCUT2D eigenvalue weighted by Gasteiger charge is -2.11. The van der Waals surface area contributed by atoms with E-state index in [-0.39, 0.29) is 11.8 Å². The Morgan fingerprint density at radius 3 is 2.72 bits per heavy atom.